The molecule has 7 heteroatoms. The number of hydrogen-bond donors (Lipinski definition) is 2. The molecule has 100 valence electrons. The molecule has 0 radical (unpaired) electrons. The van der Waals surface area contributed by atoms with Crippen molar-refractivity contribution >= 4 is 23.5 Å². The molecule has 6 nitrogen and oxygen atoms in total. The van der Waals surface area contributed by atoms with Gasteiger partial charge in [-0.25, -0.2) is 0 Å². The van der Waals surface area contributed by atoms with Crippen molar-refractivity contribution in [3.05, 3.63) is 40.7 Å². The van der Waals surface area contributed by atoms with E-state index in [2.05, 4.69) is 15.2 Å². The summed E-state index contributed by atoms with van der Waals surface area (Å²) in [7, 11) is 0. The van der Waals surface area contributed by atoms with Crippen LogP contribution in [0.25, 0.3) is 0 Å². The van der Waals surface area contributed by atoms with Crippen LogP contribution < -0.4 is 5.73 Å². The maximum Gasteiger partial charge on any atom is 0.321 e. The van der Waals surface area contributed by atoms with Gasteiger partial charge < -0.3 is 10.5 Å². The average molecular weight is 281 g/mol. The molecule has 2 rings (SSSR count). The summed E-state index contributed by atoms with van der Waals surface area (Å²) < 4.78 is 5.05. The molecule has 0 bridgehead atoms. The number of carbonyl (C=O) groups excluding carboxylic acids is 1. The maximum absolute atomic E-state index is 12.1. The quantitative estimate of drug-likeness (QED) is 0.832. The van der Waals surface area contributed by atoms with Crippen molar-refractivity contribution < 1.29 is 9.53 Å². The Balaban J connectivity index is 2.46. The minimum Gasteiger partial charge on any atom is -0.465 e. The number of anilines is 1. The Hall–Kier alpha value is -2.08. The van der Waals surface area contributed by atoms with E-state index >= 15 is 0 Å². The van der Waals surface area contributed by atoms with Gasteiger partial charge in [-0.15, -0.1) is 5.10 Å². The molecule has 0 amide bonds. The molecule has 1 heterocycles. The highest BCUT2D eigenvalue weighted by Crippen LogP contribution is 2.29. The summed E-state index contributed by atoms with van der Waals surface area (Å²) in [6.45, 7) is 2.00. The number of carbonyl (C=O) groups is 1. The molecule has 0 fully saturated rings. The first-order valence-electron chi connectivity index (χ1n) is 5.72. The molecule has 1 aromatic carbocycles. The first kappa shape index (κ1) is 13.4. The minimum atomic E-state index is -0.765. The molecule has 19 heavy (non-hydrogen) atoms. The standard InChI is InChI=1S/C12H13ClN4O2/c1-2-19-11(18)9(10-15-12(14)17-16-10)7-5-3-4-6-8(7)13/h3-6,9H,2H2,1H3,(H3,14,15,16,17). The van der Waals surface area contributed by atoms with Crippen LogP contribution in [-0.4, -0.2) is 27.8 Å². The molecule has 1 atom stereocenters. The summed E-state index contributed by atoms with van der Waals surface area (Å²) in [5.41, 5.74) is 6.06. The number of rotatable bonds is 4. The van der Waals surface area contributed by atoms with Gasteiger partial charge in [-0.1, -0.05) is 29.8 Å². The minimum absolute atomic E-state index is 0.0661. The van der Waals surface area contributed by atoms with Crippen LogP contribution >= 0.6 is 11.6 Å². The fraction of sp³-hybridized carbons (Fsp3) is 0.250. The molecule has 0 aliphatic heterocycles. The van der Waals surface area contributed by atoms with E-state index in [1.54, 1.807) is 31.2 Å². The predicted octanol–water partition coefficient (Wildman–Crippen LogP) is 1.74. The Morgan fingerprint density at radius 2 is 2.26 bits per heavy atom. The number of H-pyrrole nitrogens is 1. The zero-order valence-corrected chi connectivity index (χ0v) is 11.0. The Bertz CT molecular complexity index is 585. The van der Waals surface area contributed by atoms with Gasteiger partial charge in [0.05, 0.1) is 6.61 Å². The fourth-order valence-electron chi connectivity index (χ4n) is 1.74. The second kappa shape index (κ2) is 5.71. The molecule has 0 aliphatic carbocycles. The number of aromatic amines is 1. The SMILES string of the molecule is CCOC(=O)C(c1nc(N)n[nH]1)c1ccccc1Cl. The summed E-state index contributed by atoms with van der Waals surface area (Å²) in [5, 5.41) is 6.81. The van der Waals surface area contributed by atoms with Gasteiger partial charge in [0.2, 0.25) is 5.95 Å². The first-order valence-corrected chi connectivity index (χ1v) is 6.10. The molecule has 0 saturated carbocycles. The first-order chi connectivity index (χ1) is 9.13. The molecule has 1 aromatic heterocycles. The van der Waals surface area contributed by atoms with Crippen LogP contribution in [0.4, 0.5) is 5.95 Å². The second-order valence-corrected chi connectivity index (χ2v) is 4.19. The third-order valence-electron chi connectivity index (χ3n) is 2.53. The third-order valence-corrected chi connectivity index (χ3v) is 2.88. The monoisotopic (exact) mass is 280 g/mol. The lowest BCUT2D eigenvalue weighted by Crippen LogP contribution is -2.19. The summed E-state index contributed by atoms with van der Waals surface area (Å²) in [5.74, 6) is -0.842. The van der Waals surface area contributed by atoms with Crippen LogP contribution in [0.3, 0.4) is 0 Å². The van der Waals surface area contributed by atoms with E-state index in [4.69, 9.17) is 22.1 Å². The van der Waals surface area contributed by atoms with Gasteiger partial charge in [0.25, 0.3) is 0 Å². The van der Waals surface area contributed by atoms with Crippen LogP contribution in [0.1, 0.15) is 24.2 Å². The normalized spacial score (nSPS) is 12.1. The molecule has 0 aliphatic rings. The van der Waals surface area contributed by atoms with Crippen molar-refractivity contribution in [2.45, 2.75) is 12.8 Å². The highest BCUT2D eigenvalue weighted by molar-refractivity contribution is 6.31. The molecule has 3 N–H and O–H groups in total. The number of nitrogens with zero attached hydrogens (tertiary/aromatic N) is 2. The summed E-state index contributed by atoms with van der Waals surface area (Å²) in [4.78, 5) is 16.1. The highest BCUT2D eigenvalue weighted by atomic mass is 35.5. The van der Waals surface area contributed by atoms with E-state index in [0.717, 1.165) is 0 Å². The van der Waals surface area contributed by atoms with E-state index in [0.29, 0.717) is 16.4 Å². The highest BCUT2D eigenvalue weighted by Gasteiger charge is 2.29. The van der Waals surface area contributed by atoms with Crippen LogP contribution in [0.15, 0.2) is 24.3 Å². The lowest BCUT2D eigenvalue weighted by Gasteiger charge is -2.14. The zero-order chi connectivity index (χ0) is 13.8. The van der Waals surface area contributed by atoms with Crippen molar-refractivity contribution in [3.63, 3.8) is 0 Å². The lowest BCUT2D eigenvalue weighted by atomic mass is 9.98. The summed E-state index contributed by atoms with van der Waals surface area (Å²) in [6.07, 6.45) is 0. The van der Waals surface area contributed by atoms with E-state index in [-0.39, 0.29) is 12.6 Å². The Morgan fingerprint density at radius 3 is 2.84 bits per heavy atom. The molecule has 1 unspecified atom stereocenters. The Kier molecular flexibility index (Phi) is 4.01. The van der Waals surface area contributed by atoms with Crippen molar-refractivity contribution in [2.75, 3.05) is 12.3 Å². The number of nitrogen functional groups attached to an aromatic ring is 1. The number of aromatic nitrogens is 3. The predicted molar refractivity (Wildman–Crippen MR) is 70.7 cm³/mol. The maximum atomic E-state index is 12.1. The molecule has 0 spiro atoms. The van der Waals surface area contributed by atoms with Gasteiger partial charge in [-0.2, -0.15) is 4.98 Å². The number of halogens is 1. The van der Waals surface area contributed by atoms with Crippen molar-refractivity contribution in [1.82, 2.24) is 15.2 Å². The van der Waals surface area contributed by atoms with Gasteiger partial charge in [-0.05, 0) is 18.6 Å². The number of ether oxygens (including phenoxy) is 1. The van der Waals surface area contributed by atoms with Gasteiger partial charge in [0.1, 0.15) is 11.7 Å². The van der Waals surface area contributed by atoms with Crippen molar-refractivity contribution in [2.24, 2.45) is 0 Å². The van der Waals surface area contributed by atoms with Crippen LogP contribution in [0.2, 0.25) is 5.02 Å². The van der Waals surface area contributed by atoms with Crippen molar-refractivity contribution in [3.8, 4) is 0 Å². The van der Waals surface area contributed by atoms with Crippen LogP contribution in [-0.2, 0) is 9.53 Å². The zero-order valence-electron chi connectivity index (χ0n) is 10.3. The number of hydrogen-bond acceptors (Lipinski definition) is 5. The molecule has 0 saturated heterocycles. The number of esters is 1. The largest absolute Gasteiger partial charge is 0.465 e. The van der Waals surface area contributed by atoms with Crippen LogP contribution in [0, 0.1) is 0 Å². The number of nitrogens with two attached hydrogens (primary N) is 1. The van der Waals surface area contributed by atoms with E-state index in [1.807, 2.05) is 0 Å². The third kappa shape index (κ3) is 2.85. The smallest absolute Gasteiger partial charge is 0.321 e. The van der Waals surface area contributed by atoms with E-state index in [1.165, 1.54) is 0 Å². The Labute approximate surface area is 114 Å². The van der Waals surface area contributed by atoms with Crippen LogP contribution in [0.5, 0.6) is 0 Å². The second-order valence-electron chi connectivity index (χ2n) is 3.79. The molecule has 2 aromatic rings. The fourth-order valence-corrected chi connectivity index (χ4v) is 1.98. The number of benzene rings is 1. The summed E-state index contributed by atoms with van der Waals surface area (Å²) in [6, 6.07) is 7.00. The van der Waals surface area contributed by atoms with Gasteiger partial charge >= 0.3 is 5.97 Å². The number of nitrogens with one attached hydrogen (secondary N) is 1. The molecular formula is C12H13ClN4O2. The van der Waals surface area contributed by atoms with Gasteiger partial charge in [-0.3, -0.25) is 9.89 Å². The van der Waals surface area contributed by atoms with Crippen molar-refractivity contribution in [1.29, 1.82) is 0 Å². The van der Waals surface area contributed by atoms with E-state index in [9.17, 15) is 4.79 Å². The topological polar surface area (TPSA) is 93.9 Å². The van der Waals surface area contributed by atoms with E-state index < -0.39 is 11.9 Å². The molecular weight excluding hydrogens is 268 g/mol. The average Bonchev–Trinajstić information content (AvgIpc) is 2.79. The summed E-state index contributed by atoms with van der Waals surface area (Å²) >= 11 is 6.12. The van der Waals surface area contributed by atoms with Gasteiger partial charge in [0.15, 0.2) is 0 Å². The van der Waals surface area contributed by atoms with Gasteiger partial charge in [0, 0.05) is 5.02 Å². The Morgan fingerprint density at radius 1 is 1.53 bits per heavy atom. The lowest BCUT2D eigenvalue weighted by molar-refractivity contribution is -0.144.